The highest BCUT2D eigenvalue weighted by Crippen LogP contribution is 2.65. The second-order valence-electron chi connectivity index (χ2n) is 8.40. The molecule has 1 aromatic rings. The van der Waals surface area contributed by atoms with Gasteiger partial charge in [-0.3, -0.25) is 19.3 Å². The van der Waals surface area contributed by atoms with E-state index in [1.165, 1.54) is 26.0 Å². The van der Waals surface area contributed by atoms with Gasteiger partial charge < -0.3 is 14.8 Å². The second-order valence-corrected chi connectivity index (χ2v) is 9.74. The van der Waals surface area contributed by atoms with E-state index >= 15 is 0 Å². The Balaban J connectivity index is 1.99. The van der Waals surface area contributed by atoms with Crippen molar-refractivity contribution in [2.45, 2.75) is 55.4 Å². The van der Waals surface area contributed by atoms with Crippen LogP contribution in [0.1, 0.15) is 44.6 Å². The van der Waals surface area contributed by atoms with E-state index in [1.54, 1.807) is 0 Å². The number of unbranched alkanes of at least 4 members (excludes halogenated alkanes) is 2. The first kappa shape index (κ1) is 22.1. The zero-order valence-corrected chi connectivity index (χ0v) is 19.1. The molecule has 8 heteroatoms. The molecule has 4 rings (SSSR count). The van der Waals surface area contributed by atoms with Gasteiger partial charge in [0.2, 0.25) is 0 Å². The van der Waals surface area contributed by atoms with Gasteiger partial charge in [-0.25, -0.2) is 0 Å². The fraction of sp³-hybridized carbons (Fsp3) is 0.609. The lowest BCUT2D eigenvalue weighted by Gasteiger charge is -2.44. The van der Waals surface area contributed by atoms with Gasteiger partial charge in [0.15, 0.2) is 10.3 Å². The number of hydrogen-bond acceptors (Lipinski definition) is 7. The molecular formula is C23H30N2O5S. The van der Waals surface area contributed by atoms with E-state index in [9.17, 15) is 14.4 Å². The van der Waals surface area contributed by atoms with Gasteiger partial charge in [-0.05, 0) is 37.6 Å². The number of amides is 1. The largest absolute Gasteiger partial charge is 0.469 e. The zero-order chi connectivity index (χ0) is 22.2. The molecule has 3 heterocycles. The topological polar surface area (TPSA) is 84.9 Å². The summed E-state index contributed by atoms with van der Waals surface area (Å²) in [7, 11) is 2.68. The fourth-order valence-electron chi connectivity index (χ4n) is 5.88. The second kappa shape index (κ2) is 8.47. The first-order chi connectivity index (χ1) is 15.0. The molecule has 1 aromatic carbocycles. The number of carbonyl (C=O) groups is 3. The van der Waals surface area contributed by atoms with Crippen LogP contribution in [0.2, 0.25) is 0 Å². The Morgan fingerprint density at radius 3 is 2.71 bits per heavy atom. The smallest absolute Gasteiger partial charge is 0.325 e. The third-order valence-corrected chi connectivity index (χ3v) is 8.67. The number of hydrogen-bond donors (Lipinski definition) is 1. The minimum atomic E-state index is -1.43. The highest BCUT2D eigenvalue weighted by molar-refractivity contribution is 8.01. The molecule has 4 atom stereocenters. The summed E-state index contributed by atoms with van der Waals surface area (Å²) in [5.74, 6) is -1.41. The molecule has 2 saturated heterocycles. The van der Waals surface area contributed by atoms with E-state index in [0.29, 0.717) is 18.0 Å². The number of rotatable bonds is 7. The molecule has 7 nitrogen and oxygen atoms in total. The number of anilines is 1. The molecule has 0 aromatic heterocycles. The van der Waals surface area contributed by atoms with Crippen LogP contribution in [0.4, 0.5) is 5.69 Å². The van der Waals surface area contributed by atoms with E-state index in [0.717, 1.165) is 37.7 Å². The van der Waals surface area contributed by atoms with Crippen molar-refractivity contribution in [3.05, 3.63) is 29.8 Å². The average molecular weight is 447 g/mol. The molecule has 0 unspecified atom stereocenters. The Labute approximate surface area is 187 Å². The van der Waals surface area contributed by atoms with Gasteiger partial charge >= 0.3 is 11.9 Å². The summed E-state index contributed by atoms with van der Waals surface area (Å²) in [5, 5.41) is 3.00. The first-order valence-corrected chi connectivity index (χ1v) is 12.0. The summed E-state index contributed by atoms with van der Waals surface area (Å²) in [6.07, 6.45) is 4.52. The van der Waals surface area contributed by atoms with Crippen LogP contribution in [0.5, 0.6) is 0 Å². The average Bonchev–Trinajstić information content (AvgIpc) is 3.43. The highest BCUT2D eigenvalue weighted by atomic mass is 32.2. The number of thioether (sulfide) groups is 1. The number of carbonyl (C=O) groups excluding carboxylic acids is 3. The van der Waals surface area contributed by atoms with Gasteiger partial charge in [0.1, 0.15) is 5.92 Å². The normalized spacial score (nSPS) is 31.4. The van der Waals surface area contributed by atoms with E-state index in [4.69, 9.17) is 9.47 Å². The lowest BCUT2D eigenvalue weighted by atomic mass is 9.73. The molecule has 0 saturated carbocycles. The predicted octanol–water partition coefficient (Wildman–Crippen LogP) is 2.94. The molecule has 1 amide bonds. The number of benzene rings is 1. The van der Waals surface area contributed by atoms with Crippen LogP contribution < -0.4 is 5.32 Å². The third kappa shape index (κ3) is 2.87. The van der Waals surface area contributed by atoms with Crippen molar-refractivity contribution in [1.29, 1.82) is 0 Å². The molecule has 2 fully saturated rings. The van der Waals surface area contributed by atoms with Crippen LogP contribution in [0.15, 0.2) is 24.3 Å². The summed E-state index contributed by atoms with van der Waals surface area (Å²) in [5.41, 5.74) is 0.117. The Bertz CT molecular complexity index is 892. The zero-order valence-electron chi connectivity index (χ0n) is 18.3. The summed E-state index contributed by atoms with van der Waals surface area (Å²) in [6, 6.07) is 7.22. The Morgan fingerprint density at radius 1 is 1.23 bits per heavy atom. The van der Waals surface area contributed by atoms with Crippen molar-refractivity contribution < 1.29 is 23.9 Å². The number of nitrogens with one attached hydrogen (secondary N) is 1. The Hall–Kier alpha value is -2.06. The molecule has 168 valence electrons. The minimum absolute atomic E-state index is 0.262. The standard InChI is InChI=1S/C23H30N2O5S/c1-4-5-8-14-31-23(21(28)30-3)18(19(26)29-2)17-12-9-13-25(17)22(23)15-10-6-7-11-16(15)24-20(22)27/h6-7,10-11,17-18H,4-5,8-9,12-14H2,1-3H3,(H,24,27)/t17-,18+,22-,23+/m0/s1. The Morgan fingerprint density at radius 2 is 2.00 bits per heavy atom. The lowest BCUT2D eigenvalue weighted by Crippen LogP contribution is -2.64. The molecule has 31 heavy (non-hydrogen) atoms. The number of esters is 2. The van der Waals surface area contributed by atoms with Gasteiger partial charge in [-0.2, -0.15) is 0 Å². The van der Waals surface area contributed by atoms with Gasteiger partial charge in [-0.15, -0.1) is 11.8 Å². The molecular weight excluding hydrogens is 416 g/mol. The summed E-state index contributed by atoms with van der Waals surface area (Å²) in [6.45, 7) is 2.75. The van der Waals surface area contributed by atoms with E-state index < -0.39 is 28.1 Å². The van der Waals surface area contributed by atoms with Crippen molar-refractivity contribution in [2.75, 3.05) is 31.8 Å². The van der Waals surface area contributed by atoms with Gasteiger partial charge in [0.25, 0.3) is 5.91 Å². The third-order valence-electron chi connectivity index (χ3n) is 7.01. The van der Waals surface area contributed by atoms with Gasteiger partial charge in [-0.1, -0.05) is 38.0 Å². The maximum absolute atomic E-state index is 13.9. The van der Waals surface area contributed by atoms with Crippen molar-refractivity contribution in [3.8, 4) is 0 Å². The van der Waals surface area contributed by atoms with Crippen molar-refractivity contribution in [1.82, 2.24) is 4.90 Å². The van der Waals surface area contributed by atoms with Gasteiger partial charge in [0, 0.05) is 17.3 Å². The number of fused-ring (bicyclic) bond motifs is 4. The number of ether oxygens (including phenoxy) is 2. The minimum Gasteiger partial charge on any atom is -0.469 e. The summed E-state index contributed by atoms with van der Waals surface area (Å²) >= 11 is 1.40. The molecule has 3 aliphatic rings. The van der Waals surface area contributed by atoms with E-state index in [-0.39, 0.29) is 11.9 Å². The summed E-state index contributed by atoms with van der Waals surface area (Å²) in [4.78, 5) is 42.9. The van der Waals surface area contributed by atoms with Crippen molar-refractivity contribution in [2.24, 2.45) is 5.92 Å². The van der Waals surface area contributed by atoms with Crippen LogP contribution in [-0.4, -0.2) is 60.1 Å². The van der Waals surface area contributed by atoms with Crippen LogP contribution in [0, 0.1) is 5.92 Å². The fourth-order valence-corrected chi connectivity index (χ4v) is 7.71. The monoisotopic (exact) mass is 446 g/mol. The quantitative estimate of drug-likeness (QED) is 0.509. The maximum atomic E-state index is 13.9. The number of methoxy groups -OCH3 is 2. The van der Waals surface area contributed by atoms with E-state index in [2.05, 4.69) is 17.1 Å². The van der Waals surface area contributed by atoms with Gasteiger partial charge in [0.05, 0.1) is 14.2 Å². The van der Waals surface area contributed by atoms with Crippen molar-refractivity contribution in [3.63, 3.8) is 0 Å². The van der Waals surface area contributed by atoms with Crippen LogP contribution in [-0.2, 0) is 29.4 Å². The lowest BCUT2D eigenvalue weighted by molar-refractivity contribution is -0.157. The molecule has 0 radical (unpaired) electrons. The Kier molecular flexibility index (Phi) is 6.05. The molecule has 1 spiro atoms. The first-order valence-electron chi connectivity index (χ1n) is 11.0. The predicted molar refractivity (Wildman–Crippen MR) is 119 cm³/mol. The van der Waals surface area contributed by atoms with Crippen molar-refractivity contribution >= 4 is 35.3 Å². The molecule has 0 bridgehead atoms. The highest BCUT2D eigenvalue weighted by Gasteiger charge is 2.80. The summed E-state index contributed by atoms with van der Waals surface area (Å²) < 4.78 is 9.16. The van der Waals surface area contributed by atoms with Crippen LogP contribution >= 0.6 is 11.8 Å². The van der Waals surface area contributed by atoms with E-state index in [1.807, 2.05) is 24.3 Å². The number of nitrogens with zero attached hydrogens (tertiary/aromatic N) is 1. The number of para-hydroxylation sites is 1. The SMILES string of the molecule is CCCCCS[C@@]1(C(=O)OC)[C@@H](C(=O)OC)[C@@H]2CCCN2[C@@]12C(=O)Nc1ccccc12. The molecule has 3 aliphatic heterocycles. The molecule has 0 aliphatic carbocycles. The maximum Gasteiger partial charge on any atom is 0.325 e. The van der Waals surface area contributed by atoms with Crippen LogP contribution in [0.3, 0.4) is 0 Å². The molecule has 1 N–H and O–H groups in total. The van der Waals surface area contributed by atoms with Crippen LogP contribution in [0.25, 0.3) is 0 Å².